The third kappa shape index (κ3) is 3.41. The molecule has 25 heavy (non-hydrogen) atoms. The molecular formula is C18H15N5OS. The highest BCUT2D eigenvalue weighted by Crippen LogP contribution is 2.19. The van der Waals surface area contributed by atoms with Gasteiger partial charge in [-0.3, -0.25) is 10.1 Å². The Labute approximate surface area is 148 Å². The molecule has 0 aliphatic heterocycles. The van der Waals surface area contributed by atoms with Crippen LogP contribution in [-0.2, 0) is 6.42 Å². The fourth-order valence-corrected chi connectivity index (χ4v) is 3.25. The van der Waals surface area contributed by atoms with Gasteiger partial charge in [-0.2, -0.15) is 0 Å². The molecule has 3 aromatic heterocycles. The normalized spacial score (nSPS) is 10.9. The summed E-state index contributed by atoms with van der Waals surface area (Å²) in [6, 6.07) is 13.9. The summed E-state index contributed by atoms with van der Waals surface area (Å²) in [6.45, 7) is 2.06. The number of carbonyl (C=O) groups excluding carboxylic acids is 1. The predicted octanol–water partition coefficient (Wildman–Crippen LogP) is 3.34. The highest BCUT2D eigenvalue weighted by atomic mass is 32.1. The lowest BCUT2D eigenvalue weighted by molar-refractivity contribution is 0.102. The van der Waals surface area contributed by atoms with Crippen molar-refractivity contribution in [2.24, 2.45) is 0 Å². The van der Waals surface area contributed by atoms with E-state index in [9.17, 15) is 4.79 Å². The van der Waals surface area contributed by atoms with Gasteiger partial charge in [0.15, 0.2) is 0 Å². The summed E-state index contributed by atoms with van der Waals surface area (Å²) in [5.41, 5.74) is 3.65. The molecule has 0 atom stereocenters. The van der Waals surface area contributed by atoms with Crippen LogP contribution < -0.4 is 5.32 Å². The van der Waals surface area contributed by atoms with Gasteiger partial charge in [-0.25, -0.2) is 4.98 Å². The number of rotatable bonds is 4. The van der Waals surface area contributed by atoms with Gasteiger partial charge in [0.05, 0.1) is 6.33 Å². The molecule has 0 spiro atoms. The average molecular weight is 349 g/mol. The van der Waals surface area contributed by atoms with Crippen molar-refractivity contribution < 1.29 is 4.79 Å². The van der Waals surface area contributed by atoms with Crippen LogP contribution in [0.4, 0.5) is 5.13 Å². The number of fused-ring (bicyclic) bond motifs is 1. The van der Waals surface area contributed by atoms with Gasteiger partial charge in [-0.05, 0) is 30.7 Å². The Balaban J connectivity index is 1.46. The molecule has 0 saturated carbocycles. The van der Waals surface area contributed by atoms with Gasteiger partial charge in [0.2, 0.25) is 5.13 Å². The van der Waals surface area contributed by atoms with E-state index in [2.05, 4.69) is 51.7 Å². The molecule has 3 heterocycles. The minimum atomic E-state index is -0.290. The Morgan fingerprint density at radius 2 is 2.04 bits per heavy atom. The Morgan fingerprint density at radius 1 is 1.20 bits per heavy atom. The van der Waals surface area contributed by atoms with Crippen LogP contribution in [0.15, 0.2) is 55.0 Å². The molecule has 0 radical (unpaired) electrons. The molecule has 4 aromatic rings. The first-order chi connectivity index (χ1) is 12.2. The Morgan fingerprint density at radius 3 is 2.88 bits per heavy atom. The topological polar surface area (TPSA) is 72.2 Å². The summed E-state index contributed by atoms with van der Waals surface area (Å²) in [4.78, 5) is 16.5. The van der Waals surface area contributed by atoms with Crippen LogP contribution in [0.5, 0.6) is 0 Å². The zero-order valence-corrected chi connectivity index (χ0v) is 14.3. The van der Waals surface area contributed by atoms with Crippen molar-refractivity contribution in [3.8, 4) is 0 Å². The average Bonchev–Trinajstić information content (AvgIpc) is 3.25. The fourth-order valence-electron chi connectivity index (χ4n) is 2.48. The van der Waals surface area contributed by atoms with Crippen LogP contribution in [0.2, 0.25) is 0 Å². The SMILES string of the molecule is Cc1ccc(Cc2nnc(NC(=O)c3cc4cccn4cn3)s2)cc1. The van der Waals surface area contributed by atoms with Gasteiger partial charge < -0.3 is 4.40 Å². The number of amides is 1. The van der Waals surface area contributed by atoms with Gasteiger partial charge >= 0.3 is 0 Å². The number of carbonyl (C=O) groups is 1. The molecule has 1 N–H and O–H groups in total. The first kappa shape index (κ1) is 15.5. The highest BCUT2D eigenvalue weighted by Gasteiger charge is 2.12. The van der Waals surface area contributed by atoms with Crippen LogP contribution in [-0.4, -0.2) is 25.5 Å². The molecular weight excluding hydrogens is 334 g/mol. The van der Waals surface area contributed by atoms with Gasteiger partial charge in [0.25, 0.3) is 5.91 Å². The van der Waals surface area contributed by atoms with E-state index < -0.39 is 0 Å². The van der Waals surface area contributed by atoms with E-state index >= 15 is 0 Å². The number of hydrogen-bond acceptors (Lipinski definition) is 5. The third-order valence-electron chi connectivity index (χ3n) is 3.81. The summed E-state index contributed by atoms with van der Waals surface area (Å²) < 4.78 is 1.85. The first-order valence-electron chi connectivity index (χ1n) is 7.79. The number of benzene rings is 1. The summed E-state index contributed by atoms with van der Waals surface area (Å²) in [5, 5.41) is 12.3. The first-order valence-corrected chi connectivity index (χ1v) is 8.61. The molecule has 1 aromatic carbocycles. The van der Waals surface area contributed by atoms with Crippen molar-refractivity contribution in [3.05, 3.63) is 76.8 Å². The quantitative estimate of drug-likeness (QED) is 0.613. The molecule has 0 aliphatic rings. The van der Waals surface area contributed by atoms with Crippen molar-refractivity contribution >= 4 is 27.9 Å². The zero-order chi connectivity index (χ0) is 17.2. The molecule has 0 saturated heterocycles. The third-order valence-corrected chi connectivity index (χ3v) is 4.65. The maximum Gasteiger partial charge on any atom is 0.276 e. The van der Waals surface area contributed by atoms with Crippen molar-refractivity contribution in [1.29, 1.82) is 0 Å². The number of nitrogens with zero attached hydrogens (tertiary/aromatic N) is 4. The van der Waals surface area contributed by atoms with E-state index in [-0.39, 0.29) is 5.91 Å². The van der Waals surface area contributed by atoms with E-state index in [1.54, 1.807) is 12.4 Å². The number of nitrogens with one attached hydrogen (secondary N) is 1. The number of aryl methyl sites for hydroxylation is 1. The zero-order valence-electron chi connectivity index (χ0n) is 13.5. The Kier molecular flexibility index (Phi) is 3.99. The highest BCUT2D eigenvalue weighted by molar-refractivity contribution is 7.15. The summed E-state index contributed by atoms with van der Waals surface area (Å²) >= 11 is 1.37. The molecule has 4 rings (SSSR count). The second kappa shape index (κ2) is 6.45. The summed E-state index contributed by atoms with van der Waals surface area (Å²) in [6.07, 6.45) is 4.20. The lowest BCUT2D eigenvalue weighted by Gasteiger charge is -2.01. The van der Waals surface area contributed by atoms with Crippen LogP contribution in [0.25, 0.3) is 5.52 Å². The second-order valence-corrected chi connectivity index (χ2v) is 6.79. The molecule has 7 heteroatoms. The lowest BCUT2D eigenvalue weighted by Crippen LogP contribution is -2.13. The molecule has 1 amide bonds. The fraction of sp³-hybridized carbons (Fsp3) is 0.111. The molecule has 0 aliphatic carbocycles. The summed E-state index contributed by atoms with van der Waals surface area (Å²) in [5.74, 6) is -0.290. The van der Waals surface area contributed by atoms with Crippen molar-refractivity contribution in [2.75, 3.05) is 5.32 Å². The standard InChI is InChI=1S/C18H15N5OS/c1-12-4-6-13(7-5-12)9-16-21-22-18(25-16)20-17(24)15-10-14-3-2-8-23(14)11-19-15/h2-8,10-11H,9H2,1H3,(H,20,22,24). The largest absolute Gasteiger partial charge is 0.308 e. The lowest BCUT2D eigenvalue weighted by atomic mass is 10.1. The minimum absolute atomic E-state index is 0.290. The second-order valence-electron chi connectivity index (χ2n) is 5.73. The van der Waals surface area contributed by atoms with E-state index in [1.165, 1.54) is 22.5 Å². The summed E-state index contributed by atoms with van der Waals surface area (Å²) in [7, 11) is 0. The number of hydrogen-bond donors (Lipinski definition) is 1. The van der Waals surface area contributed by atoms with E-state index in [4.69, 9.17) is 0 Å². The molecule has 0 bridgehead atoms. The number of anilines is 1. The van der Waals surface area contributed by atoms with Crippen LogP contribution in [0.1, 0.15) is 26.6 Å². The van der Waals surface area contributed by atoms with E-state index in [0.29, 0.717) is 17.2 Å². The van der Waals surface area contributed by atoms with Crippen molar-refractivity contribution in [1.82, 2.24) is 19.6 Å². The smallest absolute Gasteiger partial charge is 0.276 e. The predicted molar refractivity (Wildman–Crippen MR) is 97.0 cm³/mol. The monoisotopic (exact) mass is 349 g/mol. The van der Waals surface area contributed by atoms with Gasteiger partial charge in [-0.15, -0.1) is 10.2 Å². The molecule has 124 valence electrons. The Hall–Kier alpha value is -3.06. The van der Waals surface area contributed by atoms with Gasteiger partial charge in [0.1, 0.15) is 10.7 Å². The van der Waals surface area contributed by atoms with E-state index in [0.717, 1.165) is 10.5 Å². The maximum atomic E-state index is 12.3. The van der Waals surface area contributed by atoms with Gasteiger partial charge in [0, 0.05) is 18.1 Å². The van der Waals surface area contributed by atoms with Crippen molar-refractivity contribution in [2.45, 2.75) is 13.3 Å². The molecule has 0 unspecified atom stereocenters. The van der Waals surface area contributed by atoms with E-state index in [1.807, 2.05) is 22.7 Å². The maximum absolute atomic E-state index is 12.3. The Bertz CT molecular complexity index is 1040. The van der Waals surface area contributed by atoms with Crippen LogP contribution in [0.3, 0.4) is 0 Å². The molecule has 6 nitrogen and oxygen atoms in total. The minimum Gasteiger partial charge on any atom is -0.308 e. The van der Waals surface area contributed by atoms with Crippen molar-refractivity contribution in [3.63, 3.8) is 0 Å². The molecule has 0 fully saturated rings. The van der Waals surface area contributed by atoms with Crippen LogP contribution in [0, 0.1) is 6.92 Å². The van der Waals surface area contributed by atoms with Crippen LogP contribution >= 0.6 is 11.3 Å². The van der Waals surface area contributed by atoms with Gasteiger partial charge in [-0.1, -0.05) is 41.2 Å². The number of aromatic nitrogens is 4.